The van der Waals surface area contributed by atoms with Gasteiger partial charge in [0.25, 0.3) is 0 Å². The number of anilines is 1. The summed E-state index contributed by atoms with van der Waals surface area (Å²) in [6.45, 7) is 0.904. The van der Waals surface area contributed by atoms with Crippen LogP contribution in [0.2, 0.25) is 0 Å². The Balaban J connectivity index is 2.61. The second kappa shape index (κ2) is 5.59. The number of nitrogens with zero attached hydrogens (tertiary/aromatic N) is 3. The van der Waals surface area contributed by atoms with Crippen LogP contribution in [0.25, 0.3) is 0 Å². The van der Waals surface area contributed by atoms with Crippen LogP contribution < -0.4 is 4.90 Å². The average molecular weight is 211 g/mol. The number of hydrogen-bond acceptors (Lipinski definition) is 5. The second-order valence-corrected chi connectivity index (χ2v) is 3.83. The van der Waals surface area contributed by atoms with Gasteiger partial charge < -0.3 is 4.90 Å². The second-order valence-electron chi connectivity index (χ2n) is 2.85. The van der Waals surface area contributed by atoms with Gasteiger partial charge in [0.1, 0.15) is 0 Å². The van der Waals surface area contributed by atoms with Crippen LogP contribution in [0.5, 0.6) is 0 Å². The highest BCUT2D eigenvalue weighted by molar-refractivity contribution is 7.98. The van der Waals surface area contributed by atoms with Crippen molar-refractivity contribution in [1.29, 1.82) is 0 Å². The van der Waals surface area contributed by atoms with Crippen LogP contribution >= 0.6 is 11.8 Å². The molecule has 0 unspecified atom stereocenters. The molecule has 1 aromatic rings. The summed E-state index contributed by atoms with van der Waals surface area (Å²) in [5, 5.41) is 0. The molecule has 0 saturated heterocycles. The minimum absolute atomic E-state index is 0.506. The SMILES string of the molecule is CSCCN(C)c1ncc(C=O)cn1. The molecule has 76 valence electrons. The minimum atomic E-state index is 0.506. The van der Waals surface area contributed by atoms with Crippen molar-refractivity contribution in [3.8, 4) is 0 Å². The predicted octanol–water partition coefficient (Wildman–Crippen LogP) is 1.09. The first kappa shape index (κ1) is 11.0. The van der Waals surface area contributed by atoms with Gasteiger partial charge in [0, 0.05) is 31.7 Å². The van der Waals surface area contributed by atoms with E-state index in [2.05, 4.69) is 16.2 Å². The molecular formula is C9H13N3OS. The molecule has 0 aliphatic heterocycles. The van der Waals surface area contributed by atoms with E-state index in [1.54, 1.807) is 11.8 Å². The molecule has 1 aromatic heterocycles. The molecule has 0 radical (unpaired) electrons. The molecular weight excluding hydrogens is 198 g/mol. The standard InChI is InChI=1S/C9H13N3OS/c1-12(3-4-14-2)9-10-5-8(7-13)6-11-9/h5-7H,3-4H2,1-2H3. The summed E-state index contributed by atoms with van der Waals surface area (Å²) in [4.78, 5) is 20.5. The molecule has 0 aliphatic rings. The Morgan fingerprint density at radius 2 is 2.14 bits per heavy atom. The summed E-state index contributed by atoms with van der Waals surface area (Å²) >= 11 is 1.78. The molecule has 0 spiro atoms. The Bertz CT molecular complexity index is 289. The van der Waals surface area contributed by atoms with Crippen molar-refractivity contribution >= 4 is 24.0 Å². The molecule has 0 saturated carbocycles. The van der Waals surface area contributed by atoms with Gasteiger partial charge >= 0.3 is 0 Å². The Labute approximate surface area is 87.7 Å². The lowest BCUT2D eigenvalue weighted by Crippen LogP contribution is -2.22. The summed E-state index contributed by atoms with van der Waals surface area (Å²) < 4.78 is 0. The molecule has 0 aliphatic carbocycles. The number of aromatic nitrogens is 2. The lowest BCUT2D eigenvalue weighted by atomic mass is 10.4. The maximum absolute atomic E-state index is 10.4. The molecule has 5 heteroatoms. The molecule has 0 atom stereocenters. The lowest BCUT2D eigenvalue weighted by molar-refractivity contribution is 0.112. The van der Waals surface area contributed by atoms with Crippen molar-refractivity contribution < 1.29 is 4.79 Å². The molecule has 0 amide bonds. The zero-order chi connectivity index (χ0) is 10.4. The summed E-state index contributed by atoms with van der Waals surface area (Å²) in [6, 6.07) is 0. The van der Waals surface area contributed by atoms with E-state index >= 15 is 0 Å². The van der Waals surface area contributed by atoms with Crippen LogP contribution in [0, 0.1) is 0 Å². The third kappa shape index (κ3) is 2.99. The van der Waals surface area contributed by atoms with E-state index in [9.17, 15) is 4.79 Å². The van der Waals surface area contributed by atoms with Crippen molar-refractivity contribution in [2.75, 3.05) is 30.5 Å². The van der Waals surface area contributed by atoms with E-state index in [1.807, 2.05) is 11.9 Å². The van der Waals surface area contributed by atoms with Gasteiger partial charge in [0.2, 0.25) is 5.95 Å². The van der Waals surface area contributed by atoms with Gasteiger partial charge in [-0.2, -0.15) is 11.8 Å². The first-order valence-electron chi connectivity index (χ1n) is 4.25. The molecule has 4 nitrogen and oxygen atoms in total. The van der Waals surface area contributed by atoms with Crippen molar-refractivity contribution in [3.05, 3.63) is 18.0 Å². The quantitative estimate of drug-likeness (QED) is 0.682. The molecule has 0 fully saturated rings. The molecule has 14 heavy (non-hydrogen) atoms. The number of carbonyl (C=O) groups is 1. The number of rotatable bonds is 5. The Morgan fingerprint density at radius 3 is 2.64 bits per heavy atom. The van der Waals surface area contributed by atoms with Crippen molar-refractivity contribution in [2.24, 2.45) is 0 Å². The van der Waals surface area contributed by atoms with Crippen LogP contribution in [-0.2, 0) is 0 Å². The third-order valence-electron chi connectivity index (χ3n) is 1.77. The first-order valence-corrected chi connectivity index (χ1v) is 5.64. The highest BCUT2D eigenvalue weighted by Crippen LogP contribution is 2.04. The minimum Gasteiger partial charge on any atom is -0.343 e. The highest BCUT2D eigenvalue weighted by Gasteiger charge is 2.02. The number of carbonyl (C=O) groups excluding carboxylic acids is 1. The van der Waals surface area contributed by atoms with Crippen LogP contribution in [0.1, 0.15) is 10.4 Å². The molecule has 0 bridgehead atoms. The number of aldehydes is 1. The normalized spacial score (nSPS) is 9.86. The third-order valence-corrected chi connectivity index (χ3v) is 2.36. The van der Waals surface area contributed by atoms with Gasteiger partial charge in [-0.05, 0) is 6.26 Å². The van der Waals surface area contributed by atoms with E-state index in [0.717, 1.165) is 18.6 Å². The fourth-order valence-electron chi connectivity index (χ4n) is 0.917. The molecule has 0 aromatic carbocycles. The summed E-state index contributed by atoms with van der Waals surface area (Å²) in [7, 11) is 1.94. The lowest BCUT2D eigenvalue weighted by Gasteiger charge is -2.15. The van der Waals surface area contributed by atoms with E-state index in [4.69, 9.17) is 0 Å². The average Bonchev–Trinajstić information content (AvgIpc) is 2.26. The summed E-state index contributed by atoms with van der Waals surface area (Å²) in [5.41, 5.74) is 0.506. The predicted molar refractivity (Wildman–Crippen MR) is 59.1 cm³/mol. The van der Waals surface area contributed by atoms with Crippen LogP contribution in [0.3, 0.4) is 0 Å². The smallest absolute Gasteiger partial charge is 0.225 e. The maximum atomic E-state index is 10.4. The summed E-state index contributed by atoms with van der Waals surface area (Å²) in [5.74, 6) is 1.69. The zero-order valence-electron chi connectivity index (χ0n) is 8.30. The van der Waals surface area contributed by atoms with Crippen molar-refractivity contribution in [2.45, 2.75) is 0 Å². The maximum Gasteiger partial charge on any atom is 0.225 e. The Hall–Kier alpha value is -1.10. The number of thioether (sulfide) groups is 1. The van der Waals surface area contributed by atoms with Crippen molar-refractivity contribution in [3.63, 3.8) is 0 Å². The van der Waals surface area contributed by atoms with E-state index in [-0.39, 0.29) is 0 Å². The van der Waals surface area contributed by atoms with Crippen molar-refractivity contribution in [1.82, 2.24) is 9.97 Å². The molecule has 1 rings (SSSR count). The molecule has 1 heterocycles. The van der Waals surface area contributed by atoms with E-state index in [0.29, 0.717) is 11.5 Å². The van der Waals surface area contributed by atoms with Crippen LogP contribution in [-0.4, -0.2) is 41.9 Å². The monoisotopic (exact) mass is 211 g/mol. The fourth-order valence-corrected chi connectivity index (χ4v) is 1.37. The zero-order valence-corrected chi connectivity index (χ0v) is 9.12. The summed E-state index contributed by atoms with van der Waals surface area (Å²) in [6.07, 6.45) is 5.87. The largest absolute Gasteiger partial charge is 0.343 e. The number of hydrogen-bond donors (Lipinski definition) is 0. The Kier molecular flexibility index (Phi) is 4.39. The Morgan fingerprint density at radius 1 is 1.50 bits per heavy atom. The van der Waals surface area contributed by atoms with Gasteiger partial charge in [-0.1, -0.05) is 0 Å². The topological polar surface area (TPSA) is 46.1 Å². The first-order chi connectivity index (χ1) is 6.77. The van der Waals surface area contributed by atoms with Gasteiger partial charge in [0.15, 0.2) is 6.29 Å². The van der Waals surface area contributed by atoms with Crippen LogP contribution in [0.15, 0.2) is 12.4 Å². The highest BCUT2D eigenvalue weighted by atomic mass is 32.2. The van der Waals surface area contributed by atoms with Gasteiger partial charge in [-0.15, -0.1) is 0 Å². The fraction of sp³-hybridized carbons (Fsp3) is 0.444. The van der Waals surface area contributed by atoms with Crippen LogP contribution in [0.4, 0.5) is 5.95 Å². The van der Waals surface area contributed by atoms with E-state index < -0.39 is 0 Å². The van der Waals surface area contributed by atoms with E-state index in [1.165, 1.54) is 12.4 Å². The van der Waals surface area contributed by atoms with Gasteiger partial charge in [0.05, 0.1) is 5.56 Å². The molecule has 0 N–H and O–H groups in total. The van der Waals surface area contributed by atoms with Gasteiger partial charge in [-0.3, -0.25) is 4.79 Å². The van der Waals surface area contributed by atoms with Gasteiger partial charge in [-0.25, -0.2) is 9.97 Å².